The molecule has 0 fully saturated rings. The van der Waals surface area contributed by atoms with Crippen LogP contribution in [0.4, 0.5) is 13.2 Å². The molecule has 1 atom stereocenters. The maximum Gasteiger partial charge on any atom is 0.451 e. The van der Waals surface area contributed by atoms with Crippen molar-refractivity contribution < 1.29 is 18.0 Å². The Bertz CT molecular complexity index is 152. The van der Waals surface area contributed by atoms with Crippen molar-refractivity contribution in [3.63, 3.8) is 0 Å². The van der Waals surface area contributed by atoms with Crippen molar-refractivity contribution in [2.45, 2.75) is 26.1 Å². The number of carbonyl (C=O) groups excluding carboxylic acids is 1. The van der Waals surface area contributed by atoms with Gasteiger partial charge in [-0.1, -0.05) is 13.8 Å². The molecule has 0 aliphatic heterocycles. The molecular formula is C6H10F3NO. The van der Waals surface area contributed by atoms with Crippen molar-refractivity contribution in [2.75, 3.05) is 0 Å². The Morgan fingerprint density at radius 2 is 1.73 bits per heavy atom. The van der Waals surface area contributed by atoms with Crippen LogP contribution in [-0.4, -0.2) is 18.0 Å². The van der Waals surface area contributed by atoms with Crippen LogP contribution in [0.15, 0.2) is 0 Å². The predicted molar refractivity (Wildman–Crippen MR) is 33.9 cm³/mol. The van der Waals surface area contributed by atoms with Crippen LogP contribution < -0.4 is 5.73 Å². The third-order valence-electron chi connectivity index (χ3n) is 1.30. The van der Waals surface area contributed by atoms with Crippen LogP contribution in [0.5, 0.6) is 0 Å². The maximum absolute atomic E-state index is 11.6. The minimum absolute atomic E-state index is 0.482. The van der Waals surface area contributed by atoms with Gasteiger partial charge in [-0.25, -0.2) is 0 Å². The summed E-state index contributed by atoms with van der Waals surface area (Å²) in [6, 6.07) is -1.44. The van der Waals surface area contributed by atoms with Gasteiger partial charge in [0.1, 0.15) is 0 Å². The van der Waals surface area contributed by atoms with Crippen molar-refractivity contribution in [1.82, 2.24) is 0 Å². The minimum atomic E-state index is -4.80. The van der Waals surface area contributed by atoms with Crippen molar-refractivity contribution in [1.29, 1.82) is 0 Å². The first-order valence-electron chi connectivity index (χ1n) is 3.13. The van der Waals surface area contributed by atoms with E-state index < -0.39 is 23.9 Å². The fraction of sp³-hybridized carbons (Fsp3) is 0.833. The summed E-state index contributed by atoms with van der Waals surface area (Å²) < 4.78 is 34.9. The number of hydrogen-bond donors (Lipinski definition) is 1. The fourth-order valence-corrected chi connectivity index (χ4v) is 0.492. The molecule has 0 spiro atoms. The van der Waals surface area contributed by atoms with Crippen LogP contribution in [0.3, 0.4) is 0 Å². The summed E-state index contributed by atoms with van der Waals surface area (Å²) in [6.07, 6.45) is -4.80. The first-order valence-corrected chi connectivity index (χ1v) is 3.13. The van der Waals surface area contributed by atoms with Crippen molar-refractivity contribution in [3.05, 3.63) is 0 Å². The van der Waals surface area contributed by atoms with Gasteiger partial charge in [0, 0.05) is 0 Å². The normalized spacial score (nSPS) is 15.2. The third kappa shape index (κ3) is 2.88. The standard InChI is InChI=1S/C6H10F3NO/c1-3(2)4(10)5(11)6(7,8)9/h3-4H,10H2,1-2H3. The largest absolute Gasteiger partial charge is 0.451 e. The van der Waals surface area contributed by atoms with Crippen LogP contribution in [0, 0.1) is 5.92 Å². The Labute approximate surface area is 62.6 Å². The minimum Gasteiger partial charge on any atom is -0.321 e. The highest BCUT2D eigenvalue weighted by atomic mass is 19.4. The van der Waals surface area contributed by atoms with E-state index in [1.807, 2.05) is 0 Å². The molecule has 0 saturated carbocycles. The highest BCUT2D eigenvalue weighted by Crippen LogP contribution is 2.19. The van der Waals surface area contributed by atoms with Gasteiger partial charge in [0.05, 0.1) is 6.04 Å². The molecule has 0 radical (unpaired) electrons. The lowest BCUT2D eigenvalue weighted by Gasteiger charge is -2.15. The molecule has 0 aliphatic rings. The molecule has 0 saturated heterocycles. The van der Waals surface area contributed by atoms with Gasteiger partial charge in [0.2, 0.25) is 0 Å². The van der Waals surface area contributed by atoms with E-state index in [0.29, 0.717) is 0 Å². The Morgan fingerprint density at radius 1 is 1.36 bits per heavy atom. The number of carbonyl (C=O) groups is 1. The summed E-state index contributed by atoms with van der Waals surface area (Å²) in [5.74, 6) is -2.34. The molecule has 0 heterocycles. The molecule has 0 bridgehead atoms. The maximum atomic E-state index is 11.6. The first kappa shape index (κ1) is 10.4. The van der Waals surface area contributed by atoms with E-state index in [0.717, 1.165) is 0 Å². The second-order valence-electron chi connectivity index (χ2n) is 2.63. The lowest BCUT2D eigenvalue weighted by molar-refractivity contribution is -0.173. The van der Waals surface area contributed by atoms with Gasteiger partial charge in [-0.2, -0.15) is 13.2 Å². The number of Topliss-reactive ketones (excluding diaryl/α,β-unsaturated/α-hetero) is 1. The molecule has 0 aromatic heterocycles. The first-order chi connectivity index (χ1) is 4.76. The van der Waals surface area contributed by atoms with E-state index in [-0.39, 0.29) is 0 Å². The lowest BCUT2D eigenvalue weighted by Crippen LogP contribution is -2.43. The zero-order valence-corrected chi connectivity index (χ0v) is 6.27. The van der Waals surface area contributed by atoms with Crippen LogP contribution in [0.1, 0.15) is 13.8 Å². The number of nitrogens with two attached hydrogens (primary N) is 1. The zero-order chi connectivity index (χ0) is 9.23. The van der Waals surface area contributed by atoms with Crippen LogP contribution in [0.25, 0.3) is 0 Å². The number of halogens is 3. The van der Waals surface area contributed by atoms with E-state index in [1.54, 1.807) is 0 Å². The smallest absolute Gasteiger partial charge is 0.321 e. The molecule has 2 N–H and O–H groups in total. The summed E-state index contributed by atoms with van der Waals surface area (Å²) in [6.45, 7) is 2.93. The number of ketones is 1. The summed E-state index contributed by atoms with van der Waals surface area (Å²) in [5.41, 5.74) is 4.98. The highest BCUT2D eigenvalue weighted by Gasteiger charge is 2.42. The molecule has 2 nitrogen and oxygen atoms in total. The van der Waals surface area contributed by atoms with Crippen molar-refractivity contribution in [3.8, 4) is 0 Å². The second kappa shape index (κ2) is 3.21. The van der Waals surface area contributed by atoms with E-state index in [4.69, 9.17) is 5.73 Å². The number of rotatable bonds is 2. The van der Waals surface area contributed by atoms with E-state index in [2.05, 4.69) is 0 Å². The van der Waals surface area contributed by atoms with Gasteiger partial charge in [-0.3, -0.25) is 4.79 Å². The monoisotopic (exact) mass is 169 g/mol. The van der Waals surface area contributed by atoms with Crippen LogP contribution in [0.2, 0.25) is 0 Å². The average Bonchev–Trinajstić information content (AvgIpc) is 1.82. The summed E-state index contributed by atoms with van der Waals surface area (Å²) in [5, 5.41) is 0. The third-order valence-corrected chi connectivity index (χ3v) is 1.30. The molecule has 1 unspecified atom stereocenters. The molecule has 0 rings (SSSR count). The number of alkyl halides is 3. The van der Waals surface area contributed by atoms with Gasteiger partial charge >= 0.3 is 6.18 Å². The van der Waals surface area contributed by atoms with E-state index >= 15 is 0 Å². The number of hydrogen-bond acceptors (Lipinski definition) is 2. The summed E-state index contributed by atoms with van der Waals surface area (Å²) in [4.78, 5) is 10.4. The summed E-state index contributed by atoms with van der Waals surface area (Å²) in [7, 11) is 0. The van der Waals surface area contributed by atoms with Crippen molar-refractivity contribution >= 4 is 5.78 Å². The average molecular weight is 169 g/mol. The van der Waals surface area contributed by atoms with Gasteiger partial charge in [-0.05, 0) is 5.92 Å². The molecule has 11 heavy (non-hydrogen) atoms. The molecule has 0 amide bonds. The Balaban J connectivity index is 4.26. The molecular weight excluding hydrogens is 159 g/mol. The Kier molecular flexibility index (Phi) is 3.04. The van der Waals surface area contributed by atoms with E-state index in [1.165, 1.54) is 13.8 Å². The lowest BCUT2D eigenvalue weighted by atomic mass is 10.0. The SMILES string of the molecule is CC(C)C(N)C(=O)C(F)(F)F. The molecule has 0 aromatic carbocycles. The molecule has 0 aliphatic carbocycles. The quantitative estimate of drug-likeness (QED) is 0.672. The molecule has 5 heteroatoms. The topological polar surface area (TPSA) is 43.1 Å². The zero-order valence-electron chi connectivity index (χ0n) is 6.27. The Hall–Kier alpha value is -0.580. The van der Waals surface area contributed by atoms with Crippen molar-refractivity contribution in [2.24, 2.45) is 11.7 Å². The highest BCUT2D eigenvalue weighted by molar-refractivity contribution is 5.89. The second-order valence-corrected chi connectivity index (χ2v) is 2.63. The van der Waals surface area contributed by atoms with Gasteiger partial charge in [-0.15, -0.1) is 0 Å². The van der Waals surface area contributed by atoms with Gasteiger partial charge in [0.25, 0.3) is 5.78 Å². The molecule has 0 aromatic rings. The Morgan fingerprint density at radius 3 is 1.82 bits per heavy atom. The summed E-state index contributed by atoms with van der Waals surface area (Å²) >= 11 is 0. The predicted octanol–water partition coefficient (Wildman–Crippen LogP) is 1.10. The van der Waals surface area contributed by atoms with Crippen LogP contribution in [-0.2, 0) is 4.79 Å². The van der Waals surface area contributed by atoms with E-state index in [9.17, 15) is 18.0 Å². The fourth-order valence-electron chi connectivity index (χ4n) is 0.492. The van der Waals surface area contributed by atoms with Gasteiger partial charge < -0.3 is 5.73 Å². The van der Waals surface area contributed by atoms with Gasteiger partial charge in [0.15, 0.2) is 0 Å². The van der Waals surface area contributed by atoms with Crippen LogP contribution >= 0.6 is 0 Å². The molecule has 66 valence electrons.